The number of aliphatic hydroxyl groups excluding tert-OH is 1. The van der Waals surface area contributed by atoms with Crippen molar-refractivity contribution in [3.63, 3.8) is 0 Å². The molecule has 0 spiro atoms. The molecular weight excluding hydrogens is 183 g/mol. The normalized spacial score (nSPS) is 14.2. The van der Waals surface area contributed by atoms with Gasteiger partial charge < -0.3 is 5.11 Å². The molecule has 0 aromatic carbocycles. The molecule has 5 heteroatoms. The van der Waals surface area contributed by atoms with Crippen molar-refractivity contribution in [3.8, 4) is 0 Å². The van der Waals surface area contributed by atoms with E-state index in [2.05, 4.69) is 4.98 Å². The lowest BCUT2D eigenvalue weighted by molar-refractivity contribution is -0.203. The molecule has 1 heterocycles. The van der Waals surface area contributed by atoms with Crippen LogP contribution in [-0.2, 0) is 6.42 Å². The fourth-order valence-corrected chi connectivity index (χ4v) is 0.858. The number of halogens is 3. The van der Waals surface area contributed by atoms with Gasteiger partial charge in [-0.1, -0.05) is 0 Å². The van der Waals surface area contributed by atoms with Gasteiger partial charge in [-0.25, -0.2) is 0 Å². The highest BCUT2D eigenvalue weighted by Gasteiger charge is 2.37. The van der Waals surface area contributed by atoms with Crippen LogP contribution in [0.25, 0.3) is 0 Å². The van der Waals surface area contributed by atoms with Crippen molar-refractivity contribution in [2.45, 2.75) is 18.7 Å². The monoisotopic (exact) mass is 191 g/mol. The Balaban J connectivity index is 2.61. The molecule has 1 aromatic rings. The molecule has 1 unspecified atom stereocenters. The molecule has 1 rings (SSSR count). The molecule has 0 fully saturated rings. The summed E-state index contributed by atoms with van der Waals surface area (Å²) in [5.41, 5.74) is 0.417. The number of aliphatic hydroxyl groups is 1. The van der Waals surface area contributed by atoms with Crippen LogP contribution in [0.3, 0.4) is 0 Å². The van der Waals surface area contributed by atoms with Crippen molar-refractivity contribution in [1.29, 1.82) is 0 Å². The second-order valence-corrected chi connectivity index (χ2v) is 2.62. The third kappa shape index (κ3) is 3.02. The summed E-state index contributed by atoms with van der Waals surface area (Å²) >= 11 is 0. The van der Waals surface area contributed by atoms with E-state index in [1.165, 1.54) is 24.5 Å². The molecule has 1 aromatic heterocycles. The molecule has 0 aliphatic rings. The summed E-state index contributed by atoms with van der Waals surface area (Å²) in [5.74, 6) is 0. The number of alkyl halides is 3. The lowest BCUT2D eigenvalue weighted by Gasteiger charge is -2.13. The zero-order chi connectivity index (χ0) is 9.90. The Morgan fingerprint density at radius 3 is 2.31 bits per heavy atom. The molecule has 0 saturated heterocycles. The lowest BCUT2D eigenvalue weighted by Crippen LogP contribution is -2.30. The number of hydrogen-bond donors (Lipinski definition) is 1. The van der Waals surface area contributed by atoms with E-state index in [9.17, 15) is 13.2 Å². The molecule has 2 nitrogen and oxygen atoms in total. The van der Waals surface area contributed by atoms with E-state index in [0.717, 1.165) is 0 Å². The summed E-state index contributed by atoms with van der Waals surface area (Å²) in [4.78, 5) is 3.65. The van der Waals surface area contributed by atoms with Gasteiger partial charge in [-0.15, -0.1) is 0 Å². The van der Waals surface area contributed by atoms with E-state index in [0.29, 0.717) is 5.56 Å². The van der Waals surface area contributed by atoms with Gasteiger partial charge in [-0.3, -0.25) is 4.98 Å². The summed E-state index contributed by atoms with van der Waals surface area (Å²) in [6.45, 7) is 0. The highest BCUT2D eigenvalue weighted by molar-refractivity contribution is 5.11. The highest BCUT2D eigenvalue weighted by atomic mass is 19.4. The first kappa shape index (κ1) is 9.98. The highest BCUT2D eigenvalue weighted by Crippen LogP contribution is 2.22. The molecule has 13 heavy (non-hydrogen) atoms. The SMILES string of the molecule is OC(Cc1ccncc1)C(F)(F)F. The Hall–Kier alpha value is -1.10. The van der Waals surface area contributed by atoms with Crippen molar-refractivity contribution >= 4 is 0 Å². The lowest BCUT2D eigenvalue weighted by atomic mass is 10.1. The molecule has 0 bridgehead atoms. The van der Waals surface area contributed by atoms with Gasteiger partial charge in [0.1, 0.15) is 0 Å². The van der Waals surface area contributed by atoms with Gasteiger partial charge in [0.2, 0.25) is 0 Å². The van der Waals surface area contributed by atoms with E-state index in [1.807, 2.05) is 0 Å². The van der Waals surface area contributed by atoms with Crippen molar-refractivity contribution in [2.75, 3.05) is 0 Å². The Bertz CT molecular complexity index is 260. The first-order valence-corrected chi connectivity index (χ1v) is 3.64. The van der Waals surface area contributed by atoms with E-state index < -0.39 is 18.7 Å². The molecule has 0 saturated carbocycles. The fourth-order valence-electron chi connectivity index (χ4n) is 0.858. The summed E-state index contributed by atoms with van der Waals surface area (Å²) in [5, 5.41) is 8.69. The van der Waals surface area contributed by atoms with Crippen molar-refractivity contribution in [2.24, 2.45) is 0 Å². The van der Waals surface area contributed by atoms with Gasteiger partial charge in [0.25, 0.3) is 0 Å². The summed E-state index contributed by atoms with van der Waals surface area (Å²) in [7, 11) is 0. The number of rotatable bonds is 2. The van der Waals surface area contributed by atoms with Crippen molar-refractivity contribution < 1.29 is 18.3 Å². The van der Waals surface area contributed by atoms with Crippen LogP contribution >= 0.6 is 0 Å². The smallest absolute Gasteiger partial charge is 0.383 e. The van der Waals surface area contributed by atoms with Gasteiger partial charge >= 0.3 is 6.18 Å². The number of aromatic nitrogens is 1. The first-order valence-electron chi connectivity index (χ1n) is 3.64. The summed E-state index contributed by atoms with van der Waals surface area (Å²) in [6, 6.07) is 2.88. The van der Waals surface area contributed by atoms with Crippen LogP contribution in [0.4, 0.5) is 13.2 Å². The molecular formula is C8H8F3NO. The summed E-state index contributed by atoms with van der Waals surface area (Å²) < 4.78 is 35.6. The molecule has 0 radical (unpaired) electrons. The quantitative estimate of drug-likeness (QED) is 0.769. The predicted octanol–water partition coefficient (Wildman–Crippen LogP) is 1.55. The molecule has 0 amide bonds. The van der Waals surface area contributed by atoms with Gasteiger partial charge in [0.15, 0.2) is 6.10 Å². The van der Waals surface area contributed by atoms with Gasteiger partial charge in [-0.2, -0.15) is 13.2 Å². The van der Waals surface area contributed by atoms with E-state index >= 15 is 0 Å². The molecule has 0 aliphatic heterocycles. The van der Waals surface area contributed by atoms with Gasteiger partial charge in [0, 0.05) is 18.8 Å². The average molecular weight is 191 g/mol. The predicted molar refractivity (Wildman–Crippen MR) is 40.0 cm³/mol. The second kappa shape index (κ2) is 3.74. The van der Waals surface area contributed by atoms with Crippen LogP contribution in [0.15, 0.2) is 24.5 Å². The van der Waals surface area contributed by atoms with Crippen LogP contribution < -0.4 is 0 Å². The minimum absolute atomic E-state index is 0.417. The standard InChI is InChI=1S/C8H8F3NO/c9-8(10,11)7(13)5-6-1-3-12-4-2-6/h1-4,7,13H,5H2. The van der Waals surface area contributed by atoms with E-state index in [1.54, 1.807) is 0 Å². The maximum atomic E-state index is 11.9. The Morgan fingerprint density at radius 2 is 1.85 bits per heavy atom. The van der Waals surface area contributed by atoms with E-state index in [-0.39, 0.29) is 0 Å². The minimum atomic E-state index is -4.55. The van der Waals surface area contributed by atoms with Gasteiger partial charge in [-0.05, 0) is 17.7 Å². The maximum Gasteiger partial charge on any atom is 0.414 e. The molecule has 1 atom stereocenters. The molecule has 1 N–H and O–H groups in total. The van der Waals surface area contributed by atoms with Crippen molar-refractivity contribution in [3.05, 3.63) is 30.1 Å². The van der Waals surface area contributed by atoms with Crippen LogP contribution in [0.1, 0.15) is 5.56 Å². The Kier molecular flexibility index (Phi) is 2.87. The van der Waals surface area contributed by atoms with Gasteiger partial charge in [0.05, 0.1) is 0 Å². The number of hydrogen-bond acceptors (Lipinski definition) is 2. The summed E-state index contributed by atoms with van der Waals surface area (Å²) in [6.07, 6.45) is -4.50. The Morgan fingerprint density at radius 1 is 1.31 bits per heavy atom. The number of pyridine rings is 1. The zero-order valence-corrected chi connectivity index (χ0v) is 6.62. The maximum absolute atomic E-state index is 11.9. The van der Waals surface area contributed by atoms with Crippen LogP contribution in [-0.4, -0.2) is 22.4 Å². The van der Waals surface area contributed by atoms with E-state index in [4.69, 9.17) is 5.11 Å². The number of nitrogens with zero attached hydrogens (tertiary/aromatic N) is 1. The topological polar surface area (TPSA) is 33.1 Å². The van der Waals surface area contributed by atoms with Crippen LogP contribution in [0.5, 0.6) is 0 Å². The molecule has 72 valence electrons. The van der Waals surface area contributed by atoms with Crippen molar-refractivity contribution in [1.82, 2.24) is 4.98 Å². The fraction of sp³-hybridized carbons (Fsp3) is 0.375. The van der Waals surface area contributed by atoms with Crippen LogP contribution in [0.2, 0.25) is 0 Å². The van der Waals surface area contributed by atoms with Crippen LogP contribution in [0, 0.1) is 0 Å². The first-order chi connectivity index (χ1) is 6.00. The Labute approximate surface area is 73.0 Å². The average Bonchev–Trinajstić information content (AvgIpc) is 2.04. The third-order valence-electron chi connectivity index (χ3n) is 1.56. The second-order valence-electron chi connectivity index (χ2n) is 2.62. The molecule has 0 aliphatic carbocycles. The minimum Gasteiger partial charge on any atom is -0.383 e. The third-order valence-corrected chi connectivity index (χ3v) is 1.56. The zero-order valence-electron chi connectivity index (χ0n) is 6.62. The largest absolute Gasteiger partial charge is 0.414 e.